The smallest absolute Gasteiger partial charge is 0.370 e. The molecule has 1 aromatic heterocycles. The van der Waals surface area contributed by atoms with Crippen molar-refractivity contribution >= 4 is 27.3 Å². The third kappa shape index (κ3) is 3.27. The summed E-state index contributed by atoms with van der Waals surface area (Å²) in [7, 11) is -4.60. The van der Waals surface area contributed by atoms with Crippen molar-refractivity contribution < 1.29 is 21.9 Å². The number of morpholine rings is 1. The summed E-state index contributed by atoms with van der Waals surface area (Å²) in [6.45, 7) is 3.21. The van der Waals surface area contributed by atoms with Crippen molar-refractivity contribution in [3.63, 3.8) is 0 Å². The number of anilines is 1. The zero-order chi connectivity index (χ0) is 15.8. The molecule has 1 aliphatic heterocycles. The van der Waals surface area contributed by atoms with Crippen LogP contribution in [0, 0.1) is 0 Å². The van der Waals surface area contributed by atoms with Gasteiger partial charge in [-0.25, -0.2) is 13.4 Å². The van der Waals surface area contributed by atoms with Crippen LogP contribution in [0.3, 0.4) is 0 Å². The molecular weight excluding hydrogens is 326 g/mol. The number of hydrogen-bond donors (Lipinski definition) is 0. The Labute approximate surface area is 126 Å². The van der Waals surface area contributed by atoms with Crippen LogP contribution in [0.1, 0.15) is 12.5 Å². The number of aromatic nitrogens is 1. The van der Waals surface area contributed by atoms with Crippen molar-refractivity contribution in [3.8, 4) is 0 Å². The summed E-state index contributed by atoms with van der Waals surface area (Å²) in [6.07, 6.45) is 0.484. The Balaban J connectivity index is 2.47. The maximum Gasteiger partial charge on any atom is 0.370 e. The molecule has 2 rings (SSSR count). The lowest BCUT2D eigenvalue weighted by Gasteiger charge is -2.34. The van der Waals surface area contributed by atoms with E-state index in [-0.39, 0.29) is 17.0 Å². The van der Waals surface area contributed by atoms with Crippen LogP contribution in [-0.2, 0) is 19.8 Å². The van der Waals surface area contributed by atoms with Crippen LogP contribution in [0.25, 0.3) is 0 Å². The Kier molecular flexibility index (Phi) is 4.41. The molecule has 0 N–H and O–H groups in total. The lowest BCUT2D eigenvalue weighted by molar-refractivity contribution is 0.0908. The predicted molar refractivity (Wildman–Crippen MR) is 75.6 cm³/mol. The van der Waals surface area contributed by atoms with Crippen molar-refractivity contribution in [1.82, 2.24) is 4.98 Å². The molecule has 1 unspecified atom stereocenters. The number of alkyl halides is 2. The molecular formula is C12H15ClF2N2O3S. The lowest BCUT2D eigenvalue weighted by atomic mass is 10.2. The fraction of sp³-hybridized carbons (Fsp3) is 0.583. The van der Waals surface area contributed by atoms with E-state index in [1.807, 2.05) is 6.92 Å². The van der Waals surface area contributed by atoms with Crippen LogP contribution in [0.15, 0.2) is 12.1 Å². The number of halogens is 3. The van der Waals surface area contributed by atoms with E-state index in [2.05, 4.69) is 4.98 Å². The first-order valence-corrected chi connectivity index (χ1v) is 8.49. The molecule has 0 amide bonds. The van der Waals surface area contributed by atoms with Gasteiger partial charge in [0.05, 0.1) is 19.3 Å². The van der Waals surface area contributed by atoms with Crippen LogP contribution in [0.2, 0.25) is 5.15 Å². The predicted octanol–water partition coefficient (Wildman–Crippen LogP) is 2.05. The molecule has 1 aliphatic rings. The molecule has 0 spiro atoms. The van der Waals surface area contributed by atoms with E-state index in [0.29, 0.717) is 26.0 Å². The second kappa shape index (κ2) is 5.66. The van der Waals surface area contributed by atoms with Gasteiger partial charge in [-0.15, -0.1) is 0 Å². The molecule has 21 heavy (non-hydrogen) atoms. The van der Waals surface area contributed by atoms with Crippen molar-refractivity contribution in [1.29, 1.82) is 0 Å². The highest BCUT2D eigenvalue weighted by Gasteiger charge is 2.44. The van der Waals surface area contributed by atoms with Crippen LogP contribution < -0.4 is 4.90 Å². The highest BCUT2D eigenvalue weighted by molar-refractivity contribution is 7.91. The van der Waals surface area contributed by atoms with Gasteiger partial charge in [0.2, 0.25) is 9.84 Å². The fourth-order valence-corrected chi connectivity index (χ4v) is 2.83. The monoisotopic (exact) mass is 340 g/mol. The second-order valence-electron chi connectivity index (χ2n) is 4.94. The van der Waals surface area contributed by atoms with Crippen LogP contribution >= 0.6 is 11.6 Å². The summed E-state index contributed by atoms with van der Waals surface area (Å²) in [5.74, 6) is 0.219. The number of rotatable bonds is 3. The van der Waals surface area contributed by atoms with Gasteiger partial charge in [0.25, 0.3) is 0 Å². The maximum absolute atomic E-state index is 14.0. The Morgan fingerprint density at radius 3 is 2.71 bits per heavy atom. The number of nitrogens with zero attached hydrogens (tertiary/aromatic N) is 2. The third-order valence-electron chi connectivity index (χ3n) is 3.24. The van der Waals surface area contributed by atoms with E-state index in [1.165, 1.54) is 0 Å². The summed E-state index contributed by atoms with van der Waals surface area (Å²) >= 11 is 5.78. The summed E-state index contributed by atoms with van der Waals surface area (Å²) in [5.41, 5.74) is -0.682. The lowest BCUT2D eigenvalue weighted by Crippen LogP contribution is -2.44. The van der Waals surface area contributed by atoms with E-state index < -0.39 is 20.7 Å². The third-order valence-corrected chi connectivity index (χ3v) is 4.60. The average molecular weight is 341 g/mol. The van der Waals surface area contributed by atoms with Gasteiger partial charge in [-0.3, -0.25) is 0 Å². The first-order valence-electron chi connectivity index (χ1n) is 6.23. The number of ether oxygens (including phenoxy) is 1. The highest BCUT2D eigenvalue weighted by atomic mass is 35.5. The molecule has 2 heterocycles. The van der Waals surface area contributed by atoms with E-state index in [9.17, 15) is 17.2 Å². The Bertz CT molecular complexity index is 639. The van der Waals surface area contributed by atoms with E-state index in [4.69, 9.17) is 16.3 Å². The SMILES string of the molecule is CC1COCCN1c1cc(C(F)(F)S(C)(=O)=O)cc(Cl)n1. The van der Waals surface area contributed by atoms with E-state index in [1.54, 1.807) is 4.90 Å². The number of pyridine rings is 1. The summed E-state index contributed by atoms with van der Waals surface area (Å²) in [6, 6.07) is 1.87. The van der Waals surface area contributed by atoms with Crippen LogP contribution in [-0.4, -0.2) is 45.5 Å². The van der Waals surface area contributed by atoms with Gasteiger partial charge in [0.1, 0.15) is 11.0 Å². The Morgan fingerprint density at radius 2 is 2.14 bits per heavy atom. The zero-order valence-electron chi connectivity index (χ0n) is 11.5. The molecule has 0 aromatic carbocycles. The molecule has 0 aliphatic carbocycles. The van der Waals surface area contributed by atoms with Crippen LogP contribution in [0.5, 0.6) is 0 Å². The Hall–Kier alpha value is -0.990. The average Bonchev–Trinajstić information content (AvgIpc) is 2.37. The molecule has 1 atom stereocenters. The Morgan fingerprint density at radius 1 is 1.48 bits per heavy atom. The van der Waals surface area contributed by atoms with Crippen LogP contribution in [0.4, 0.5) is 14.6 Å². The van der Waals surface area contributed by atoms with Gasteiger partial charge in [0, 0.05) is 18.4 Å². The first-order chi connectivity index (χ1) is 9.63. The molecule has 1 saturated heterocycles. The van der Waals surface area contributed by atoms with Gasteiger partial charge >= 0.3 is 5.25 Å². The molecule has 9 heteroatoms. The minimum Gasteiger partial charge on any atom is -0.377 e. The molecule has 1 aromatic rings. The highest BCUT2D eigenvalue weighted by Crippen LogP contribution is 2.36. The summed E-state index contributed by atoms with van der Waals surface area (Å²) < 4.78 is 55.7. The molecule has 0 bridgehead atoms. The molecule has 5 nitrogen and oxygen atoms in total. The minimum atomic E-state index is -4.60. The van der Waals surface area contributed by atoms with Crippen molar-refractivity contribution in [3.05, 3.63) is 22.8 Å². The standard InChI is InChI=1S/C12H15ClF2N2O3S/c1-8-7-20-4-3-17(8)11-6-9(5-10(13)16-11)12(14,15)21(2,18)19/h5-6,8H,3-4,7H2,1-2H3. The van der Waals surface area contributed by atoms with Gasteiger partial charge in [-0.2, -0.15) is 8.78 Å². The molecule has 0 saturated carbocycles. The number of hydrogen-bond acceptors (Lipinski definition) is 5. The second-order valence-corrected chi connectivity index (χ2v) is 7.39. The van der Waals surface area contributed by atoms with Gasteiger partial charge in [-0.05, 0) is 19.1 Å². The quantitative estimate of drug-likeness (QED) is 0.788. The normalized spacial score (nSPS) is 20.6. The summed E-state index contributed by atoms with van der Waals surface area (Å²) in [5, 5.41) is -4.19. The summed E-state index contributed by atoms with van der Waals surface area (Å²) in [4.78, 5) is 5.77. The van der Waals surface area contributed by atoms with Crippen molar-refractivity contribution in [2.75, 3.05) is 30.9 Å². The first kappa shape index (κ1) is 16.4. The zero-order valence-corrected chi connectivity index (χ0v) is 13.1. The topological polar surface area (TPSA) is 59.5 Å². The minimum absolute atomic E-state index is 0.0653. The maximum atomic E-state index is 14.0. The van der Waals surface area contributed by atoms with E-state index >= 15 is 0 Å². The molecule has 0 radical (unpaired) electrons. The molecule has 118 valence electrons. The van der Waals surface area contributed by atoms with Crippen molar-refractivity contribution in [2.24, 2.45) is 0 Å². The van der Waals surface area contributed by atoms with Crippen molar-refractivity contribution in [2.45, 2.75) is 18.2 Å². The number of sulfone groups is 1. The fourth-order valence-electron chi connectivity index (χ4n) is 2.08. The van der Waals surface area contributed by atoms with E-state index in [0.717, 1.165) is 12.1 Å². The van der Waals surface area contributed by atoms with Gasteiger partial charge in [0.15, 0.2) is 0 Å². The largest absolute Gasteiger partial charge is 0.377 e. The molecule has 1 fully saturated rings. The van der Waals surface area contributed by atoms with Gasteiger partial charge in [-0.1, -0.05) is 11.6 Å². The van der Waals surface area contributed by atoms with Gasteiger partial charge < -0.3 is 9.64 Å².